The van der Waals surface area contributed by atoms with E-state index in [0.29, 0.717) is 28.4 Å². The Hall–Kier alpha value is -2.80. The largest absolute Gasteiger partial charge is 0.493 e. The molecule has 3 rings (SSSR count). The first-order valence-electron chi connectivity index (χ1n) is 7.65. The summed E-state index contributed by atoms with van der Waals surface area (Å²) in [6.07, 6.45) is 1.59. The SMILES string of the molecule is COc1ccc(/C=C2\N=C(c3ccc(Br)cc3)OC2=O)c(OC)c1OC. The number of hydrogen-bond acceptors (Lipinski definition) is 6. The van der Waals surface area contributed by atoms with Crippen LogP contribution in [0.2, 0.25) is 0 Å². The highest BCUT2D eigenvalue weighted by Gasteiger charge is 2.25. The van der Waals surface area contributed by atoms with Crippen molar-refractivity contribution in [1.29, 1.82) is 0 Å². The Kier molecular flexibility index (Phi) is 5.27. The summed E-state index contributed by atoms with van der Waals surface area (Å²) in [7, 11) is 4.58. The molecule has 1 aliphatic heterocycles. The molecule has 2 aromatic carbocycles. The van der Waals surface area contributed by atoms with E-state index in [-0.39, 0.29) is 11.6 Å². The lowest BCUT2D eigenvalue weighted by atomic mass is 10.1. The highest BCUT2D eigenvalue weighted by molar-refractivity contribution is 9.10. The van der Waals surface area contributed by atoms with Crippen LogP contribution in [0, 0.1) is 0 Å². The van der Waals surface area contributed by atoms with E-state index in [1.807, 2.05) is 24.3 Å². The molecular formula is C19H16BrNO5. The fraction of sp³-hybridized carbons (Fsp3) is 0.158. The van der Waals surface area contributed by atoms with Crippen LogP contribution in [0.25, 0.3) is 6.08 Å². The summed E-state index contributed by atoms with van der Waals surface area (Å²) in [5, 5.41) is 0. The minimum Gasteiger partial charge on any atom is -0.493 e. The first kappa shape index (κ1) is 18.0. The molecule has 0 N–H and O–H groups in total. The summed E-state index contributed by atoms with van der Waals surface area (Å²) in [6, 6.07) is 10.8. The maximum Gasteiger partial charge on any atom is 0.363 e. The standard InChI is InChI=1S/C19H16BrNO5/c1-23-15-9-6-12(16(24-2)17(15)25-3)10-14-19(22)26-18(21-14)11-4-7-13(20)8-5-11/h4-10H,1-3H3/b14-10-. The van der Waals surface area contributed by atoms with Crippen molar-refractivity contribution in [3.8, 4) is 17.2 Å². The molecule has 0 aromatic heterocycles. The third-order valence-electron chi connectivity index (χ3n) is 3.74. The van der Waals surface area contributed by atoms with E-state index in [1.165, 1.54) is 14.2 Å². The number of halogens is 1. The van der Waals surface area contributed by atoms with E-state index in [1.54, 1.807) is 25.3 Å². The second-order valence-corrected chi connectivity index (χ2v) is 6.18. The quantitative estimate of drug-likeness (QED) is 0.546. The van der Waals surface area contributed by atoms with E-state index >= 15 is 0 Å². The van der Waals surface area contributed by atoms with Crippen LogP contribution < -0.4 is 14.2 Å². The first-order chi connectivity index (χ1) is 12.6. The van der Waals surface area contributed by atoms with Crippen molar-refractivity contribution in [2.75, 3.05) is 21.3 Å². The van der Waals surface area contributed by atoms with Crippen LogP contribution in [0.4, 0.5) is 0 Å². The van der Waals surface area contributed by atoms with Crippen molar-refractivity contribution >= 4 is 33.9 Å². The molecule has 6 nitrogen and oxygen atoms in total. The van der Waals surface area contributed by atoms with Crippen molar-refractivity contribution in [2.24, 2.45) is 4.99 Å². The Labute approximate surface area is 159 Å². The van der Waals surface area contributed by atoms with E-state index in [0.717, 1.165) is 4.47 Å². The van der Waals surface area contributed by atoms with Gasteiger partial charge in [-0.3, -0.25) is 0 Å². The summed E-state index contributed by atoms with van der Waals surface area (Å²) in [5.74, 6) is 1.14. The molecule has 0 bridgehead atoms. The molecule has 1 aliphatic rings. The van der Waals surface area contributed by atoms with Gasteiger partial charge in [-0.05, 0) is 42.5 Å². The molecule has 7 heteroatoms. The van der Waals surface area contributed by atoms with Gasteiger partial charge in [-0.15, -0.1) is 0 Å². The smallest absolute Gasteiger partial charge is 0.363 e. The van der Waals surface area contributed by atoms with E-state index in [4.69, 9.17) is 18.9 Å². The monoisotopic (exact) mass is 417 g/mol. The number of rotatable bonds is 5. The molecule has 2 aromatic rings. The average molecular weight is 418 g/mol. The van der Waals surface area contributed by atoms with Crippen molar-refractivity contribution in [3.63, 3.8) is 0 Å². The summed E-state index contributed by atoms with van der Waals surface area (Å²) >= 11 is 3.37. The van der Waals surface area contributed by atoms with Crippen LogP contribution in [-0.2, 0) is 9.53 Å². The van der Waals surface area contributed by atoms with Crippen molar-refractivity contribution in [1.82, 2.24) is 0 Å². The maximum atomic E-state index is 12.2. The van der Waals surface area contributed by atoms with Gasteiger partial charge in [-0.1, -0.05) is 15.9 Å². The Balaban J connectivity index is 2.02. The topological polar surface area (TPSA) is 66.4 Å². The number of carbonyl (C=O) groups is 1. The van der Waals surface area contributed by atoms with Crippen LogP contribution >= 0.6 is 15.9 Å². The van der Waals surface area contributed by atoms with Crippen LogP contribution in [-0.4, -0.2) is 33.2 Å². The normalized spacial score (nSPS) is 14.8. The molecule has 134 valence electrons. The lowest BCUT2D eigenvalue weighted by Gasteiger charge is -2.14. The van der Waals surface area contributed by atoms with Gasteiger partial charge < -0.3 is 18.9 Å². The molecule has 0 fully saturated rings. The van der Waals surface area contributed by atoms with Crippen molar-refractivity contribution in [2.45, 2.75) is 0 Å². The molecule has 1 heterocycles. The minimum atomic E-state index is -0.528. The second kappa shape index (κ2) is 7.61. The molecule has 0 aliphatic carbocycles. The van der Waals surface area contributed by atoms with Crippen LogP contribution in [0.5, 0.6) is 17.2 Å². The third kappa shape index (κ3) is 3.43. The van der Waals surface area contributed by atoms with Crippen LogP contribution in [0.3, 0.4) is 0 Å². The van der Waals surface area contributed by atoms with Gasteiger partial charge in [0.05, 0.1) is 21.3 Å². The van der Waals surface area contributed by atoms with Crippen LogP contribution in [0.15, 0.2) is 51.6 Å². The molecule has 0 saturated heterocycles. The molecular weight excluding hydrogens is 402 g/mol. The van der Waals surface area contributed by atoms with Gasteiger partial charge in [-0.25, -0.2) is 9.79 Å². The number of aliphatic imine (C=N–C) groups is 1. The van der Waals surface area contributed by atoms with Gasteiger partial charge in [0, 0.05) is 15.6 Å². The zero-order valence-corrected chi connectivity index (χ0v) is 16.0. The van der Waals surface area contributed by atoms with Gasteiger partial charge in [0.25, 0.3) is 0 Å². The lowest BCUT2D eigenvalue weighted by molar-refractivity contribution is -0.129. The fourth-order valence-corrected chi connectivity index (χ4v) is 2.77. The van der Waals surface area contributed by atoms with Gasteiger partial charge >= 0.3 is 5.97 Å². The molecule has 0 unspecified atom stereocenters. The average Bonchev–Trinajstić information content (AvgIpc) is 3.02. The van der Waals surface area contributed by atoms with Gasteiger partial charge in [-0.2, -0.15) is 0 Å². The lowest BCUT2D eigenvalue weighted by Crippen LogP contribution is -2.05. The minimum absolute atomic E-state index is 0.174. The molecule has 0 radical (unpaired) electrons. The van der Waals surface area contributed by atoms with Crippen molar-refractivity contribution in [3.05, 3.63) is 57.7 Å². The third-order valence-corrected chi connectivity index (χ3v) is 4.27. The number of hydrogen-bond donors (Lipinski definition) is 0. The van der Waals surface area contributed by atoms with Gasteiger partial charge in [0.2, 0.25) is 11.6 Å². The maximum absolute atomic E-state index is 12.2. The van der Waals surface area contributed by atoms with E-state index in [9.17, 15) is 4.79 Å². The zero-order valence-electron chi connectivity index (χ0n) is 14.4. The number of nitrogens with zero attached hydrogens (tertiary/aromatic N) is 1. The Morgan fingerprint density at radius 3 is 2.27 bits per heavy atom. The Morgan fingerprint density at radius 1 is 0.962 bits per heavy atom. The Bertz CT molecular complexity index is 903. The van der Waals surface area contributed by atoms with Crippen molar-refractivity contribution < 1.29 is 23.7 Å². The summed E-state index contributed by atoms with van der Waals surface area (Å²) < 4.78 is 22.2. The number of ether oxygens (including phenoxy) is 4. The van der Waals surface area contributed by atoms with Gasteiger partial charge in [0.15, 0.2) is 17.2 Å². The number of carbonyl (C=O) groups excluding carboxylic acids is 1. The predicted molar refractivity (Wildman–Crippen MR) is 101 cm³/mol. The van der Waals surface area contributed by atoms with Gasteiger partial charge in [0.1, 0.15) is 0 Å². The van der Waals surface area contributed by atoms with E-state index < -0.39 is 5.97 Å². The number of benzene rings is 2. The molecule has 0 spiro atoms. The van der Waals surface area contributed by atoms with Crippen LogP contribution in [0.1, 0.15) is 11.1 Å². The Morgan fingerprint density at radius 2 is 1.65 bits per heavy atom. The summed E-state index contributed by atoms with van der Waals surface area (Å²) in [4.78, 5) is 16.5. The number of esters is 1. The first-order valence-corrected chi connectivity index (χ1v) is 8.44. The van der Waals surface area contributed by atoms with E-state index in [2.05, 4.69) is 20.9 Å². The molecule has 0 amide bonds. The number of methoxy groups -OCH3 is 3. The summed E-state index contributed by atoms with van der Waals surface area (Å²) in [5.41, 5.74) is 1.51. The highest BCUT2D eigenvalue weighted by Crippen LogP contribution is 2.40. The zero-order chi connectivity index (χ0) is 18.7. The summed E-state index contributed by atoms with van der Waals surface area (Å²) in [6.45, 7) is 0. The molecule has 0 atom stereocenters. The second-order valence-electron chi connectivity index (χ2n) is 5.27. The molecule has 26 heavy (non-hydrogen) atoms. The number of cyclic esters (lactones) is 1. The highest BCUT2D eigenvalue weighted by atomic mass is 79.9. The predicted octanol–water partition coefficient (Wildman–Crippen LogP) is 3.82. The molecule has 0 saturated carbocycles. The fourth-order valence-electron chi connectivity index (χ4n) is 2.51.